The van der Waals surface area contributed by atoms with Gasteiger partial charge < -0.3 is 10.2 Å². The van der Waals surface area contributed by atoms with E-state index in [2.05, 4.69) is 5.32 Å². The SMILES string of the molecule is CCCNC(=O)C(Cc1ccccc1)N(Cc1c(Cl)cccc1Cl)C(=O)CN(c1cccc(Cl)c1C)S(=O)(=O)c1ccc(C)cc1. The predicted molar refractivity (Wildman–Crippen MR) is 186 cm³/mol. The zero-order valence-electron chi connectivity index (χ0n) is 25.8. The summed E-state index contributed by atoms with van der Waals surface area (Å²) >= 11 is 19.6. The van der Waals surface area contributed by atoms with E-state index >= 15 is 0 Å². The van der Waals surface area contributed by atoms with Gasteiger partial charge in [0.15, 0.2) is 0 Å². The Bertz CT molecular complexity index is 1760. The van der Waals surface area contributed by atoms with Crippen LogP contribution in [0.15, 0.2) is 95.9 Å². The van der Waals surface area contributed by atoms with Gasteiger partial charge in [0.25, 0.3) is 10.0 Å². The van der Waals surface area contributed by atoms with E-state index in [1.807, 2.05) is 44.2 Å². The van der Waals surface area contributed by atoms with Crippen molar-refractivity contribution in [3.8, 4) is 0 Å². The van der Waals surface area contributed by atoms with E-state index in [4.69, 9.17) is 34.8 Å². The average Bonchev–Trinajstić information content (AvgIpc) is 3.03. The van der Waals surface area contributed by atoms with Crippen molar-refractivity contribution in [3.63, 3.8) is 0 Å². The first-order chi connectivity index (χ1) is 21.9. The van der Waals surface area contributed by atoms with E-state index in [1.54, 1.807) is 55.5 Å². The summed E-state index contributed by atoms with van der Waals surface area (Å²) in [5.74, 6) is -1.01. The fourth-order valence-corrected chi connectivity index (χ4v) is 7.15. The second-order valence-electron chi connectivity index (χ2n) is 10.9. The highest BCUT2D eigenvalue weighted by Gasteiger charge is 2.35. The highest BCUT2D eigenvalue weighted by atomic mass is 35.5. The van der Waals surface area contributed by atoms with Gasteiger partial charge in [0.1, 0.15) is 12.6 Å². The number of amides is 2. The summed E-state index contributed by atoms with van der Waals surface area (Å²) in [4.78, 5) is 29.8. The highest BCUT2D eigenvalue weighted by Crippen LogP contribution is 2.32. The maximum atomic E-state index is 14.6. The van der Waals surface area contributed by atoms with Gasteiger partial charge in [-0.25, -0.2) is 8.42 Å². The normalized spacial score (nSPS) is 12.0. The van der Waals surface area contributed by atoms with Crippen LogP contribution in [0.25, 0.3) is 0 Å². The quantitative estimate of drug-likeness (QED) is 0.156. The van der Waals surface area contributed by atoms with E-state index < -0.39 is 28.5 Å². The Morgan fingerprint density at radius 2 is 1.41 bits per heavy atom. The molecule has 4 aromatic carbocycles. The van der Waals surface area contributed by atoms with E-state index in [0.717, 1.165) is 15.4 Å². The van der Waals surface area contributed by atoms with Crippen molar-refractivity contribution in [2.75, 3.05) is 17.4 Å². The first kappa shape index (κ1) is 35.3. The molecule has 0 saturated carbocycles. The Balaban J connectivity index is 1.86. The summed E-state index contributed by atoms with van der Waals surface area (Å²) in [6.07, 6.45) is 0.857. The van der Waals surface area contributed by atoms with E-state index in [9.17, 15) is 18.0 Å². The summed E-state index contributed by atoms with van der Waals surface area (Å²) in [6.45, 7) is 5.12. The molecule has 4 rings (SSSR count). The number of carbonyl (C=O) groups excluding carboxylic acids is 2. The monoisotopic (exact) mass is 699 g/mol. The Morgan fingerprint density at radius 3 is 2.04 bits per heavy atom. The second-order valence-corrected chi connectivity index (χ2v) is 14.0. The van der Waals surface area contributed by atoms with Crippen LogP contribution in [-0.2, 0) is 32.6 Å². The van der Waals surface area contributed by atoms with Crippen molar-refractivity contribution < 1.29 is 18.0 Å². The third-order valence-electron chi connectivity index (χ3n) is 7.61. The molecule has 1 N–H and O–H groups in total. The minimum Gasteiger partial charge on any atom is -0.354 e. The third kappa shape index (κ3) is 8.42. The molecule has 4 aromatic rings. The van der Waals surface area contributed by atoms with Gasteiger partial charge in [-0.2, -0.15) is 0 Å². The molecule has 1 atom stereocenters. The fraction of sp³-hybridized carbons (Fsp3) is 0.257. The van der Waals surface area contributed by atoms with Crippen LogP contribution >= 0.6 is 34.8 Å². The zero-order chi connectivity index (χ0) is 33.4. The zero-order valence-corrected chi connectivity index (χ0v) is 28.9. The number of sulfonamides is 1. The van der Waals surface area contributed by atoms with Gasteiger partial charge >= 0.3 is 0 Å². The molecule has 0 bridgehead atoms. The van der Waals surface area contributed by atoms with Gasteiger partial charge in [0.05, 0.1) is 10.6 Å². The van der Waals surface area contributed by atoms with Crippen LogP contribution in [0.5, 0.6) is 0 Å². The summed E-state index contributed by atoms with van der Waals surface area (Å²) in [6, 6.07) is 24.5. The summed E-state index contributed by atoms with van der Waals surface area (Å²) in [5, 5.41) is 3.89. The number of halogens is 3. The number of nitrogens with one attached hydrogen (secondary N) is 1. The lowest BCUT2D eigenvalue weighted by Gasteiger charge is -2.34. The molecular formula is C35H36Cl3N3O4S. The maximum Gasteiger partial charge on any atom is 0.264 e. The topological polar surface area (TPSA) is 86.8 Å². The Hall–Kier alpha value is -3.56. The van der Waals surface area contributed by atoms with Crippen LogP contribution in [0.3, 0.4) is 0 Å². The lowest BCUT2D eigenvalue weighted by molar-refractivity contribution is -0.140. The number of aryl methyl sites for hydroxylation is 1. The molecule has 0 aliphatic rings. The van der Waals surface area contributed by atoms with E-state index in [-0.39, 0.29) is 29.5 Å². The lowest BCUT2D eigenvalue weighted by atomic mass is 10.0. The summed E-state index contributed by atoms with van der Waals surface area (Å²) < 4.78 is 29.6. The van der Waals surface area contributed by atoms with Crippen molar-refractivity contribution in [3.05, 3.63) is 128 Å². The van der Waals surface area contributed by atoms with Crippen molar-refractivity contribution in [2.24, 2.45) is 0 Å². The largest absolute Gasteiger partial charge is 0.354 e. The van der Waals surface area contributed by atoms with Gasteiger partial charge in [0.2, 0.25) is 11.8 Å². The van der Waals surface area contributed by atoms with Crippen LogP contribution in [0.1, 0.15) is 35.6 Å². The molecule has 0 heterocycles. The molecule has 0 aromatic heterocycles. The molecule has 0 aliphatic carbocycles. The molecular weight excluding hydrogens is 665 g/mol. The molecule has 1 unspecified atom stereocenters. The number of hydrogen-bond acceptors (Lipinski definition) is 4. The number of hydrogen-bond donors (Lipinski definition) is 1. The van der Waals surface area contributed by atoms with Crippen molar-refractivity contribution in [1.29, 1.82) is 0 Å². The smallest absolute Gasteiger partial charge is 0.264 e. The molecule has 11 heteroatoms. The minimum absolute atomic E-state index is 0.00694. The number of nitrogens with zero attached hydrogens (tertiary/aromatic N) is 2. The van der Waals surface area contributed by atoms with Gasteiger partial charge in [0, 0.05) is 40.1 Å². The first-order valence-corrected chi connectivity index (χ1v) is 17.4. The third-order valence-corrected chi connectivity index (χ3v) is 10.5. The maximum absolute atomic E-state index is 14.6. The number of carbonyl (C=O) groups is 2. The van der Waals surface area contributed by atoms with E-state index in [0.29, 0.717) is 39.2 Å². The van der Waals surface area contributed by atoms with Crippen LogP contribution in [0.4, 0.5) is 5.69 Å². The van der Waals surface area contributed by atoms with Crippen LogP contribution in [-0.4, -0.2) is 44.3 Å². The molecule has 0 aliphatic heterocycles. The Morgan fingerprint density at radius 1 is 0.804 bits per heavy atom. The predicted octanol–water partition coefficient (Wildman–Crippen LogP) is 7.63. The molecule has 46 heavy (non-hydrogen) atoms. The lowest BCUT2D eigenvalue weighted by Crippen LogP contribution is -2.53. The average molecular weight is 701 g/mol. The highest BCUT2D eigenvalue weighted by molar-refractivity contribution is 7.92. The van der Waals surface area contributed by atoms with Crippen molar-refractivity contribution >= 4 is 62.3 Å². The molecule has 242 valence electrons. The number of benzene rings is 4. The van der Waals surface area contributed by atoms with Gasteiger partial charge in [-0.05, 0) is 67.8 Å². The Kier molecular flexibility index (Phi) is 12.1. The molecule has 7 nitrogen and oxygen atoms in total. The van der Waals surface area contributed by atoms with Crippen molar-refractivity contribution in [1.82, 2.24) is 10.2 Å². The molecule has 0 radical (unpaired) electrons. The van der Waals surface area contributed by atoms with Crippen LogP contribution in [0.2, 0.25) is 15.1 Å². The summed E-state index contributed by atoms with van der Waals surface area (Å²) in [7, 11) is -4.27. The molecule has 0 fully saturated rings. The van der Waals surface area contributed by atoms with Crippen LogP contribution < -0.4 is 9.62 Å². The number of rotatable bonds is 13. The molecule has 0 saturated heterocycles. The molecule has 2 amide bonds. The van der Waals surface area contributed by atoms with Crippen molar-refractivity contribution in [2.45, 2.75) is 51.1 Å². The number of anilines is 1. The second kappa shape index (κ2) is 15.8. The van der Waals surface area contributed by atoms with E-state index in [1.165, 1.54) is 17.0 Å². The van der Waals surface area contributed by atoms with Gasteiger partial charge in [-0.15, -0.1) is 0 Å². The molecule has 0 spiro atoms. The Labute approximate surface area is 286 Å². The van der Waals surface area contributed by atoms with Gasteiger partial charge in [-0.1, -0.05) is 102 Å². The van der Waals surface area contributed by atoms with Crippen LogP contribution in [0, 0.1) is 13.8 Å². The first-order valence-electron chi connectivity index (χ1n) is 14.8. The fourth-order valence-electron chi connectivity index (χ4n) is 4.99. The van der Waals surface area contributed by atoms with Gasteiger partial charge in [-0.3, -0.25) is 13.9 Å². The minimum atomic E-state index is -4.27. The standard InChI is InChI=1S/C35H36Cl3N3O4S/c1-4-20-39-35(43)33(21-26-10-6-5-7-11-26)40(22-28-30(37)13-8-14-31(28)38)34(42)23-41(32-15-9-12-29(36)25(32)3)46(44,45)27-18-16-24(2)17-19-27/h5-19,33H,4,20-23H2,1-3H3,(H,39,43). The summed E-state index contributed by atoms with van der Waals surface area (Å²) in [5.41, 5.74) is 2.86.